The third-order valence-electron chi connectivity index (χ3n) is 3.78. The van der Waals surface area contributed by atoms with E-state index in [2.05, 4.69) is 48.8 Å². The molecule has 0 aliphatic heterocycles. The maximum atomic E-state index is 4.70. The molecule has 1 saturated carbocycles. The van der Waals surface area contributed by atoms with Gasteiger partial charge in [-0.15, -0.1) is 11.3 Å². The molecule has 1 aliphatic rings. The molecule has 0 saturated heterocycles. The molecule has 1 heterocycles. The Hall–Kier alpha value is -1.19. The first-order valence-electron chi connectivity index (χ1n) is 7.46. The first-order valence-corrected chi connectivity index (χ1v) is 8.34. The molecule has 2 aromatic rings. The fourth-order valence-corrected chi connectivity index (χ4v) is 3.27. The molecule has 0 bridgehead atoms. The second kappa shape index (κ2) is 6.06. The van der Waals surface area contributed by atoms with Gasteiger partial charge < -0.3 is 5.32 Å². The van der Waals surface area contributed by atoms with Gasteiger partial charge in [0, 0.05) is 24.4 Å². The number of aromatic nitrogens is 1. The molecular weight excluding hydrogens is 264 g/mol. The Balaban J connectivity index is 1.48. The van der Waals surface area contributed by atoms with Crippen molar-refractivity contribution in [2.75, 3.05) is 0 Å². The summed E-state index contributed by atoms with van der Waals surface area (Å²) < 4.78 is 0. The van der Waals surface area contributed by atoms with Gasteiger partial charge in [0.25, 0.3) is 0 Å². The summed E-state index contributed by atoms with van der Waals surface area (Å²) in [5, 5.41) is 7.02. The number of thiazole rings is 1. The van der Waals surface area contributed by atoms with Crippen molar-refractivity contribution >= 4 is 11.3 Å². The highest BCUT2D eigenvalue weighted by Crippen LogP contribution is 2.41. The van der Waals surface area contributed by atoms with E-state index in [1.165, 1.54) is 34.7 Å². The maximum Gasteiger partial charge on any atom is 0.0959 e. The summed E-state index contributed by atoms with van der Waals surface area (Å²) in [4.78, 5) is 4.70. The van der Waals surface area contributed by atoms with E-state index in [-0.39, 0.29) is 0 Å². The minimum atomic E-state index is 0.605. The van der Waals surface area contributed by atoms with Gasteiger partial charge in [0.15, 0.2) is 0 Å². The molecular formula is C17H22N2S. The normalized spacial score (nSPS) is 14.9. The average Bonchev–Trinajstić information content (AvgIpc) is 3.20. The van der Waals surface area contributed by atoms with Crippen LogP contribution in [-0.4, -0.2) is 4.98 Å². The first-order chi connectivity index (χ1) is 9.72. The number of hydrogen-bond donors (Lipinski definition) is 1. The predicted molar refractivity (Wildman–Crippen MR) is 85.2 cm³/mol. The SMILES string of the molecule is CC(C)c1ccc(CNCc2csc(C3CC3)n2)cc1. The maximum absolute atomic E-state index is 4.70. The standard InChI is InChI=1S/C17H22N2S/c1-12(2)14-5-3-13(4-6-14)9-18-10-16-11-20-17(19-16)15-7-8-15/h3-6,11-12,15,18H,7-10H2,1-2H3. The molecule has 0 spiro atoms. The lowest BCUT2D eigenvalue weighted by Crippen LogP contribution is -2.13. The van der Waals surface area contributed by atoms with Crippen LogP contribution < -0.4 is 5.32 Å². The van der Waals surface area contributed by atoms with Crippen molar-refractivity contribution in [1.82, 2.24) is 10.3 Å². The molecule has 0 amide bonds. The predicted octanol–water partition coefficient (Wildman–Crippen LogP) is 4.43. The fourth-order valence-electron chi connectivity index (χ4n) is 2.28. The minimum Gasteiger partial charge on any atom is -0.307 e. The third kappa shape index (κ3) is 3.47. The molecule has 1 aromatic heterocycles. The fraction of sp³-hybridized carbons (Fsp3) is 0.471. The van der Waals surface area contributed by atoms with Gasteiger partial charge in [0.05, 0.1) is 10.7 Å². The van der Waals surface area contributed by atoms with Crippen LogP contribution in [0.5, 0.6) is 0 Å². The van der Waals surface area contributed by atoms with Gasteiger partial charge >= 0.3 is 0 Å². The largest absolute Gasteiger partial charge is 0.307 e. The molecule has 106 valence electrons. The molecule has 0 unspecified atom stereocenters. The van der Waals surface area contributed by atoms with E-state index in [1.807, 2.05) is 11.3 Å². The average molecular weight is 286 g/mol. The number of nitrogens with zero attached hydrogens (tertiary/aromatic N) is 1. The van der Waals surface area contributed by atoms with Crippen LogP contribution in [0.3, 0.4) is 0 Å². The minimum absolute atomic E-state index is 0.605. The molecule has 1 aromatic carbocycles. The summed E-state index contributed by atoms with van der Waals surface area (Å²) in [6.07, 6.45) is 2.67. The van der Waals surface area contributed by atoms with Crippen molar-refractivity contribution < 1.29 is 0 Å². The van der Waals surface area contributed by atoms with Crippen LogP contribution in [0.1, 0.15) is 60.4 Å². The highest BCUT2D eigenvalue weighted by molar-refractivity contribution is 7.09. The lowest BCUT2D eigenvalue weighted by molar-refractivity contribution is 0.680. The van der Waals surface area contributed by atoms with Crippen molar-refractivity contribution in [2.45, 2.75) is 51.6 Å². The number of rotatable bonds is 6. The van der Waals surface area contributed by atoms with E-state index < -0.39 is 0 Å². The number of hydrogen-bond acceptors (Lipinski definition) is 3. The Morgan fingerprint density at radius 3 is 2.60 bits per heavy atom. The molecule has 1 N–H and O–H groups in total. The van der Waals surface area contributed by atoms with E-state index in [0.717, 1.165) is 19.0 Å². The van der Waals surface area contributed by atoms with Crippen LogP contribution in [0.4, 0.5) is 0 Å². The quantitative estimate of drug-likeness (QED) is 0.849. The van der Waals surface area contributed by atoms with Crippen LogP contribution in [0.2, 0.25) is 0 Å². The zero-order valence-corrected chi connectivity index (χ0v) is 13.0. The molecule has 20 heavy (non-hydrogen) atoms. The third-order valence-corrected chi connectivity index (χ3v) is 4.83. The summed E-state index contributed by atoms with van der Waals surface area (Å²) in [6, 6.07) is 8.91. The topological polar surface area (TPSA) is 24.9 Å². The van der Waals surface area contributed by atoms with Gasteiger partial charge in [-0.3, -0.25) is 0 Å². The van der Waals surface area contributed by atoms with Crippen molar-refractivity contribution in [2.24, 2.45) is 0 Å². The van der Waals surface area contributed by atoms with Crippen LogP contribution in [0, 0.1) is 0 Å². The summed E-state index contributed by atoms with van der Waals surface area (Å²) >= 11 is 1.82. The lowest BCUT2D eigenvalue weighted by Gasteiger charge is -2.07. The highest BCUT2D eigenvalue weighted by atomic mass is 32.1. The molecule has 1 fully saturated rings. The van der Waals surface area contributed by atoms with Crippen LogP contribution >= 0.6 is 11.3 Å². The number of benzene rings is 1. The highest BCUT2D eigenvalue weighted by Gasteiger charge is 2.26. The molecule has 2 nitrogen and oxygen atoms in total. The lowest BCUT2D eigenvalue weighted by atomic mass is 10.0. The molecule has 3 rings (SSSR count). The monoisotopic (exact) mass is 286 g/mol. The second-order valence-electron chi connectivity index (χ2n) is 5.95. The van der Waals surface area contributed by atoms with Gasteiger partial charge in [-0.2, -0.15) is 0 Å². The summed E-state index contributed by atoms with van der Waals surface area (Å²) in [6.45, 7) is 6.24. The van der Waals surface area contributed by atoms with Gasteiger partial charge in [-0.25, -0.2) is 4.98 Å². The van der Waals surface area contributed by atoms with E-state index in [4.69, 9.17) is 4.98 Å². The van der Waals surface area contributed by atoms with E-state index >= 15 is 0 Å². The van der Waals surface area contributed by atoms with Crippen molar-refractivity contribution in [1.29, 1.82) is 0 Å². The summed E-state index contributed by atoms with van der Waals surface area (Å²) in [5.41, 5.74) is 3.94. The van der Waals surface area contributed by atoms with E-state index in [9.17, 15) is 0 Å². The Morgan fingerprint density at radius 2 is 1.95 bits per heavy atom. The zero-order valence-electron chi connectivity index (χ0n) is 12.2. The Bertz CT molecular complexity index is 553. The second-order valence-corrected chi connectivity index (χ2v) is 6.84. The number of nitrogens with one attached hydrogen (secondary N) is 1. The van der Waals surface area contributed by atoms with Crippen LogP contribution in [0.15, 0.2) is 29.6 Å². The zero-order chi connectivity index (χ0) is 13.9. The molecule has 1 aliphatic carbocycles. The molecule has 0 atom stereocenters. The molecule has 3 heteroatoms. The Morgan fingerprint density at radius 1 is 1.20 bits per heavy atom. The summed E-state index contributed by atoms with van der Waals surface area (Å²) in [5.74, 6) is 1.38. The van der Waals surface area contributed by atoms with Gasteiger partial charge in [-0.05, 0) is 29.9 Å². The van der Waals surface area contributed by atoms with Gasteiger partial charge in [0.1, 0.15) is 0 Å². The van der Waals surface area contributed by atoms with Gasteiger partial charge in [0.2, 0.25) is 0 Å². The van der Waals surface area contributed by atoms with E-state index in [0.29, 0.717) is 5.92 Å². The summed E-state index contributed by atoms with van der Waals surface area (Å²) in [7, 11) is 0. The smallest absolute Gasteiger partial charge is 0.0959 e. The van der Waals surface area contributed by atoms with Crippen molar-refractivity contribution in [3.05, 3.63) is 51.5 Å². The van der Waals surface area contributed by atoms with Crippen LogP contribution in [-0.2, 0) is 13.1 Å². The Kier molecular flexibility index (Phi) is 4.18. The first kappa shape index (κ1) is 13.8. The van der Waals surface area contributed by atoms with Gasteiger partial charge in [-0.1, -0.05) is 38.1 Å². The van der Waals surface area contributed by atoms with E-state index in [1.54, 1.807) is 0 Å². The Labute approximate surface area is 125 Å². The molecule has 0 radical (unpaired) electrons. The van der Waals surface area contributed by atoms with Crippen LogP contribution in [0.25, 0.3) is 0 Å². The van der Waals surface area contributed by atoms with Crippen molar-refractivity contribution in [3.8, 4) is 0 Å². The van der Waals surface area contributed by atoms with Crippen molar-refractivity contribution in [3.63, 3.8) is 0 Å².